The first-order valence-electron chi connectivity index (χ1n) is 9.58. The number of rotatable bonds is 9. The highest BCUT2D eigenvalue weighted by Gasteiger charge is 2.44. The average molecular weight is 558 g/mol. The van der Waals surface area contributed by atoms with Gasteiger partial charge in [-0.15, -0.1) is 0 Å². The summed E-state index contributed by atoms with van der Waals surface area (Å²) in [6.07, 6.45) is 7.76. The maximum atomic E-state index is 10.7. The minimum Gasteiger partial charge on any atom is -0.493 e. The van der Waals surface area contributed by atoms with E-state index < -0.39 is 15.6 Å². The standard InChI is InChI=1S/C20H25IO.CHF3O3S/c1-2-3-4-5-6-10-16-22-19-15-11-14-18(21)20(19)17-12-8-7-9-13-17;2-1(3,4)8(5,6)7/h7-9,11-15H,2-6,10,16H2,1H3;(H,5,6,7). The summed E-state index contributed by atoms with van der Waals surface area (Å²) in [7, 11) is -5.84. The fraction of sp³-hybridized carbons (Fsp3) is 0.429. The zero-order valence-corrected chi connectivity index (χ0v) is 19.6. The second-order valence-corrected chi connectivity index (χ2v) is 9.09. The SMILES string of the molecule is CCCCCCCCOc1cccc(I)c1-c1ccccc1.O=S(=O)(O)C(F)(F)F. The molecule has 2 aromatic carbocycles. The van der Waals surface area contributed by atoms with Crippen molar-refractivity contribution in [1.82, 2.24) is 0 Å². The molecule has 0 unspecified atom stereocenters. The molecule has 0 amide bonds. The van der Waals surface area contributed by atoms with Gasteiger partial charge in [-0.2, -0.15) is 21.6 Å². The topological polar surface area (TPSA) is 63.6 Å². The number of halogens is 4. The lowest BCUT2D eigenvalue weighted by molar-refractivity contribution is -0.0510. The van der Waals surface area contributed by atoms with E-state index in [0.29, 0.717) is 0 Å². The zero-order valence-electron chi connectivity index (χ0n) is 16.7. The molecular weight excluding hydrogens is 532 g/mol. The molecule has 0 spiro atoms. The molecule has 30 heavy (non-hydrogen) atoms. The summed E-state index contributed by atoms with van der Waals surface area (Å²) in [5.41, 5.74) is -3.09. The Morgan fingerprint density at radius 1 is 0.933 bits per heavy atom. The Hall–Kier alpha value is -1.33. The van der Waals surface area contributed by atoms with Crippen LogP contribution < -0.4 is 4.74 Å². The fourth-order valence-corrected chi connectivity index (χ4v) is 3.36. The van der Waals surface area contributed by atoms with Crippen molar-refractivity contribution in [3.63, 3.8) is 0 Å². The van der Waals surface area contributed by atoms with E-state index in [4.69, 9.17) is 17.7 Å². The van der Waals surface area contributed by atoms with Crippen molar-refractivity contribution < 1.29 is 30.9 Å². The van der Waals surface area contributed by atoms with E-state index in [-0.39, 0.29) is 0 Å². The maximum absolute atomic E-state index is 10.7. The second-order valence-electron chi connectivity index (χ2n) is 6.52. The largest absolute Gasteiger partial charge is 0.522 e. The summed E-state index contributed by atoms with van der Waals surface area (Å²) in [6, 6.07) is 16.8. The molecule has 2 rings (SSSR count). The van der Waals surface area contributed by atoms with Crippen molar-refractivity contribution in [2.24, 2.45) is 0 Å². The first-order valence-corrected chi connectivity index (χ1v) is 12.1. The molecule has 0 fully saturated rings. The Kier molecular flexibility index (Phi) is 11.7. The highest BCUT2D eigenvalue weighted by Crippen LogP contribution is 2.34. The van der Waals surface area contributed by atoms with Crippen LogP contribution in [0.4, 0.5) is 13.2 Å². The molecule has 0 bridgehead atoms. The van der Waals surface area contributed by atoms with Gasteiger partial charge < -0.3 is 4.74 Å². The summed E-state index contributed by atoms with van der Waals surface area (Å²) in [5, 5.41) is 0. The molecule has 1 N–H and O–H groups in total. The monoisotopic (exact) mass is 558 g/mol. The molecule has 0 saturated heterocycles. The second kappa shape index (κ2) is 13.2. The van der Waals surface area contributed by atoms with Gasteiger partial charge in [0.1, 0.15) is 5.75 Å². The van der Waals surface area contributed by atoms with Crippen LogP contribution in [0, 0.1) is 3.57 Å². The Balaban J connectivity index is 0.000000479. The lowest BCUT2D eigenvalue weighted by atomic mass is 10.0. The van der Waals surface area contributed by atoms with Crippen LogP contribution in [0.2, 0.25) is 0 Å². The number of hydrogen-bond acceptors (Lipinski definition) is 3. The van der Waals surface area contributed by atoms with Gasteiger partial charge >= 0.3 is 15.6 Å². The average Bonchev–Trinajstić information content (AvgIpc) is 2.67. The van der Waals surface area contributed by atoms with Crippen molar-refractivity contribution in [2.45, 2.75) is 51.0 Å². The molecular formula is C21H26F3IO4S. The van der Waals surface area contributed by atoms with Gasteiger partial charge in [-0.1, -0.05) is 75.4 Å². The molecule has 0 aliphatic rings. The molecule has 0 heterocycles. The van der Waals surface area contributed by atoms with E-state index >= 15 is 0 Å². The van der Waals surface area contributed by atoms with Crippen LogP contribution in [-0.4, -0.2) is 25.1 Å². The fourth-order valence-electron chi connectivity index (χ4n) is 2.57. The van der Waals surface area contributed by atoms with Crippen LogP contribution in [0.15, 0.2) is 48.5 Å². The van der Waals surface area contributed by atoms with Crippen molar-refractivity contribution >= 4 is 32.7 Å². The molecule has 9 heteroatoms. The normalized spacial score (nSPS) is 11.5. The van der Waals surface area contributed by atoms with E-state index in [9.17, 15) is 13.2 Å². The number of benzene rings is 2. The zero-order chi connectivity index (χ0) is 22.6. The van der Waals surface area contributed by atoms with E-state index in [1.165, 1.54) is 46.8 Å². The molecule has 2 aromatic rings. The molecule has 0 atom stereocenters. The minimum atomic E-state index is -5.84. The van der Waals surface area contributed by atoms with Gasteiger partial charge in [0.25, 0.3) is 0 Å². The first kappa shape index (κ1) is 26.7. The minimum absolute atomic E-state index is 0.812. The van der Waals surface area contributed by atoms with Crippen molar-refractivity contribution in [3.8, 4) is 16.9 Å². The van der Waals surface area contributed by atoms with Gasteiger partial charge in [0.2, 0.25) is 0 Å². The lowest BCUT2D eigenvalue weighted by Crippen LogP contribution is -2.21. The summed E-state index contributed by atoms with van der Waals surface area (Å²) in [4.78, 5) is 0. The Bertz CT molecular complexity index is 856. The van der Waals surface area contributed by atoms with Gasteiger partial charge in [-0.05, 0) is 46.7 Å². The van der Waals surface area contributed by atoms with Crippen LogP contribution in [0.25, 0.3) is 11.1 Å². The number of hydrogen-bond donors (Lipinski definition) is 1. The van der Waals surface area contributed by atoms with Crippen LogP contribution in [0.3, 0.4) is 0 Å². The van der Waals surface area contributed by atoms with Crippen molar-refractivity contribution in [3.05, 3.63) is 52.1 Å². The molecule has 0 saturated carbocycles. The summed E-state index contributed by atoms with van der Waals surface area (Å²) in [6.45, 7) is 3.07. The smallest absolute Gasteiger partial charge is 0.493 e. The van der Waals surface area contributed by atoms with Crippen LogP contribution in [0.1, 0.15) is 45.4 Å². The summed E-state index contributed by atoms with van der Waals surface area (Å²) >= 11 is 2.39. The molecule has 0 aromatic heterocycles. The van der Waals surface area contributed by atoms with Crippen LogP contribution in [-0.2, 0) is 10.1 Å². The Morgan fingerprint density at radius 2 is 1.50 bits per heavy atom. The number of alkyl halides is 3. The van der Waals surface area contributed by atoms with Crippen LogP contribution >= 0.6 is 22.6 Å². The maximum Gasteiger partial charge on any atom is 0.522 e. The number of unbranched alkanes of at least 4 members (excludes halogenated alkanes) is 5. The predicted molar refractivity (Wildman–Crippen MR) is 121 cm³/mol. The van der Waals surface area contributed by atoms with Gasteiger partial charge in [0.05, 0.1) is 6.61 Å². The Morgan fingerprint density at radius 3 is 2.07 bits per heavy atom. The van der Waals surface area contributed by atoms with Crippen molar-refractivity contribution in [2.75, 3.05) is 6.61 Å². The predicted octanol–water partition coefficient (Wildman–Crippen LogP) is 7.09. The van der Waals surface area contributed by atoms with Crippen molar-refractivity contribution in [1.29, 1.82) is 0 Å². The van der Waals surface area contributed by atoms with Gasteiger partial charge in [0, 0.05) is 9.13 Å². The number of ether oxygens (including phenoxy) is 1. The van der Waals surface area contributed by atoms with E-state index in [2.05, 4.69) is 78.0 Å². The third-order valence-electron chi connectivity index (χ3n) is 4.09. The van der Waals surface area contributed by atoms with E-state index in [1.54, 1.807) is 0 Å². The molecule has 0 aliphatic heterocycles. The summed E-state index contributed by atoms with van der Waals surface area (Å²) < 4.78 is 64.9. The lowest BCUT2D eigenvalue weighted by Gasteiger charge is -2.13. The van der Waals surface area contributed by atoms with Gasteiger partial charge in [-0.25, -0.2) is 0 Å². The first-order chi connectivity index (χ1) is 14.1. The quantitative estimate of drug-likeness (QED) is 0.155. The molecule has 0 aliphatic carbocycles. The Labute approximate surface area is 189 Å². The van der Waals surface area contributed by atoms with E-state index in [1.807, 2.05) is 0 Å². The van der Waals surface area contributed by atoms with Crippen LogP contribution in [0.5, 0.6) is 5.75 Å². The van der Waals surface area contributed by atoms with Gasteiger partial charge in [0.15, 0.2) is 0 Å². The highest BCUT2D eigenvalue weighted by molar-refractivity contribution is 14.1. The third-order valence-corrected chi connectivity index (χ3v) is 5.57. The third kappa shape index (κ3) is 9.65. The van der Waals surface area contributed by atoms with Gasteiger partial charge in [-0.3, -0.25) is 4.55 Å². The molecule has 168 valence electrons. The van der Waals surface area contributed by atoms with E-state index in [0.717, 1.165) is 18.8 Å². The highest BCUT2D eigenvalue weighted by atomic mass is 127. The molecule has 4 nitrogen and oxygen atoms in total. The summed E-state index contributed by atoms with van der Waals surface area (Å²) in [5.74, 6) is 1.01. The molecule has 0 radical (unpaired) electrons.